The van der Waals surface area contributed by atoms with E-state index in [2.05, 4.69) is 45.5 Å². The number of ketones is 1. The number of carbonyl (C=O) groups is 1. The number of Topliss-reactive ketones (excluding diaryl/α,β-unsaturated/α-hetero) is 1. The van der Waals surface area contributed by atoms with Crippen LogP contribution in [-0.4, -0.2) is 5.78 Å². The first-order valence-corrected chi connectivity index (χ1v) is 7.13. The second kappa shape index (κ2) is 4.82. The van der Waals surface area contributed by atoms with Gasteiger partial charge in [0.2, 0.25) is 0 Å². The topological polar surface area (TPSA) is 29.1 Å². The van der Waals surface area contributed by atoms with Crippen LogP contribution in [0, 0.1) is 0 Å². The Morgan fingerprint density at radius 2 is 1.89 bits per heavy atom. The first-order valence-electron chi connectivity index (χ1n) is 6.33. The minimum Gasteiger partial charge on any atom is -0.354 e. The summed E-state index contributed by atoms with van der Waals surface area (Å²) in [4.78, 5) is 11.8. The second-order valence-corrected chi connectivity index (χ2v) is 5.74. The predicted molar refractivity (Wildman–Crippen MR) is 81.3 cm³/mol. The van der Waals surface area contributed by atoms with Gasteiger partial charge in [-0.3, -0.25) is 4.79 Å². The van der Waals surface area contributed by atoms with E-state index in [1.54, 1.807) is 6.92 Å². The molecule has 0 amide bonds. The van der Waals surface area contributed by atoms with Gasteiger partial charge in [0.1, 0.15) is 0 Å². The van der Waals surface area contributed by atoms with Crippen molar-refractivity contribution >= 4 is 33.1 Å². The van der Waals surface area contributed by atoms with Crippen molar-refractivity contribution in [2.45, 2.75) is 19.8 Å². The molecule has 0 saturated carbocycles. The van der Waals surface area contributed by atoms with Gasteiger partial charge in [0.05, 0.1) is 5.69 Å². The molecule has 19 heavy (non-hydrogen) atoms. The largest absolute Gasteiger partial charge is 0.354 e. The van der Waals surface area contributed by atoms with E-state index >= 15 is 0 Å². The number of carbonyl (C=O) groups excluding carboxylic acids is 1. The smallest absolute Gasteiger partial charge is 0.161 e. The summed E-state index contributed by atoms with van der Waals surface area (Å²) in [6, 6.07) is 12.3. The molecule has 1 aliphatic rings. The zero-order valence-corrected chi connectivity index (χ0v) is 12.3. The van der Waals surface area contributed by atoms with Crippen LogP contribution in [0.5, 0.6) is 0 Å². The van der Waals surface area contributed by atoms with Gasteiger partial charge in [-0.15, -0.1) is 0 Å². The molecule has 0 atom stereocenters. The van der Waals surface area contributed by atoms with Crippen LogP contribution >= 0.6 is 15.9 Å². The summed E-state index contributed by atoms with van der Waals surface area (Å²) < 4.78 is 0.962. The maximum Gasteiger partial charge on any atom is 0.161 e. The molecule has 0 radical (unpaired) electrons. The Labute approximate surface area is 121 Å². The summed E-state index contributed by atoms with van der Waals surface area (Å²) in [7, 11) is 0. The first kappa shape index (κ1) is 12.4. The number of rotatable bonds is 1. The Kier molecular flexibility index (Phi) is 3.15. The van der Waals surface area contributed by atoms with Crippen LogP contribution in [0.2, 0.25) is 0 Å². The molecule has 1 N–H and O–H groups in total. The Hall–Kier alpha value is -1.61. The molecule has 0 fully saturated rings. The summed E-state index contributed by atoms with van der Waals surface area (Å²) in [5.74, 6) is 0.0874. The van der Waals surface area contributed by atoms with Crippen molar-refractivity contribution in [3.05, 3.63) is 57.6 Å². The lowest BCUT2D eigenvalue weighted by molar-refractivity contribution is 0.101. The molecule has 2 aromatic carbocycles. The molecule has 2 aromatic rings. The monoisotopic (exact) mass is 315 g/mol. The van der Waals surface area contributed by atoms with Crippen LogP contribution in [-0.2, 0) is 12.8 Å². The van der Waals surface area contributed by atoms with Gasteiger partial charge in [-0.05, 0) is 49.1 Å². The highest BCUT2D eigenvalue weighted by Crippen LogP contribution is 2.34. The minimum absolute atomic E-state index is 0.0874. The van der Waals surface area contributed by atoms with E-state index in [9.17, 15) is 4.79 Å². The van der Waals surface area contributed by atoms with Gasteiger partial charge in [0.25, 0.3) is 0 Å². The maximum absolute atomic E-state index is 11.8. The second-order valence-electron chi connectivity index (χ2n) is 4.83. The lowest BCUT2D eigenvalue weighted by Gasteiger charge is -2.14. The summed E-state index contributed by atoms with van der Waals surface area (Å²) in [5.41, 5.74) is 5.30. The van der Waals surface area contributed by atoms with Crippen molar-refractivity contribution in [1.29, 1.82) is 0 Å². The van der Waals surface area contributed by atoms with E-state index in [4.69, 9.17) is 0 Å². The number of hydrogen-bond acceptors (Lipinski definition) is 2. The number of nitrogens with one attached hydrogen (secondary N) is 1. The third kappa shape index (κ3) is 2.30. The number of para-hydroxylation sites is 1. The van der Waals surface area contributed by atoms with Crippen LogP contribution in [0.15, 0.2) is 40.9 Å². The molecular formula is C16H14BrNO. The molecule has 0 saturated heterocycles. The minimum atomic E-state index is 0.0874. The molecule has 0 spiro atoms. The van der Waals surface area contributed by atoms with Gasteiger partial charge in [0.15, 0.2) is 5.78 Å². The van der Waals surface area contributed by atoms with E-state index < -0.39 is 0 Å². The summed E-state index contributed by atoms with van der Waals surface area (Å²) >= 11 is 3.49. The molecule has 0 bridgehead atoms. The van der Waals surface area contributed by atoms with Gasteiger partial charge < -0.3 is 5.32 Å². The lowest BCUT2D eigenvalue weighted by Crippen LogP contribution is -2.03. The fraction of sp³-hybridized carbons (Fsp3) is 0.188. The van der Waals surface area contributed by atoms with Gasteiger partial charge >= 0.3 is 0 Å². The SMILES string of the molecule is CC(=O)c1cc(Br)cc2c1Nc1ccccc1CC2. The van der Waals surface area contributed by atoms with Crippen molar-refractivity contribution in [3.8, 4) is 0 Å². The van der Waals surface area contributed by atoms with Crippen molar-refractivity contribution in [3.63, 3.8) is 0 Å². The molecule has 0 aromatic heterocycles. The van der Waals surface area contributed by atoms with E-state index in [1.807, 2.05) is 12.1 Å². The Morgan fingerprint density at radius 1 is 1.16 bits per heavy atom. The molecule has 96 valence electrons. The van der Waals surface area contributed by atoms with Crippen LogP contribution in [0.25, 0.3) is 0 Å². The van der Waals surface area contributed by atoms with Crippen molar-refractivity contribution in [2.24, 2.45) is 0 Å². The third-order valence-electron chi connectivity index (χ3n) is 3.50. The zero-order valence-electron chi connectivity index (χ0n) is 10.7. The molecular weight excluding hydrogens is 302 g/mol. The quantitative estimate of drug-likeness (QED) is 0.785. The number of hydrogen-bond donors (Lipinski definition) is 1. The Bertz CT molecular complexity index is 664. The number of fused-ring (bicyclic) bond motifs is 2. The highest BCUT2D eigenvalue weighted by molar-refractivity contribution is 9.10. The van der Waals surface area contributed by atoms with Crippen LogP contribution in [0.3, 0.4) is 0 Å². The number of aryl methyl sites for hydroxylation is 2. The summed E-state index contributed by atoms with van der Waals surface area (Å²) in [6.45, 7) is 1.61. The average Bonchev–Trinajstić information content (AvgIpc) is 2.57. The van der Waals surface area contributed by atoms with Gasteiger partial charge in [-0.25, -0.2) is 0 Å². The van der Waals surface area contributed by atoms with Gasteiger partial charge in [-0.1, -0.05) is 34.1 Å². The summed E-state index contributed by atoms with van der Waals surface area (Å²) in [5, 5.41) is 3.44. The van der Waals surface area contributed by atoms with Crippen LogP contribution in [0.1, 0.15) is 28.4 Å². The molecule has 1 heterocycles. The van der Waals surface area contributed by atoms with Crippen molar-refractivity contribution in [1.82, 2.24) is 0 Å². The molecule has 3 heteroatoms. The normalized spacial score (nSPS) is 12.9. The number of benzene rings is 2. The van der Waals surface area contributed by atoms with Gasteiger partial charge in [0, 0.05) is 15.7 Å². The zero-order chi connectivity index (χ0) is 13.4. The molecule has 3 rings (SSSR count). The first-order chi connectivity index (χ1) is 9.15. The van der Waals surface area contributed by atoms with Crippen LogP contribution in [0.4, 0.5) is 11.4 Å². The highest BCUT2D eigenvalue weighted by atomic mass is 79.9. The number of anilines is 2. The number of halogens is 1. The fourth-order valence-corrected chi connectivity index (χ4v) is 3.06. The fourth-order valence-electron chi connectivity index (χ4n) is 2.55. The lowest BCUT2D eigenvalue weighted by atomic mass is 10.0. The molecule has 2 nitrogen and oxygen atoms in total. The molecule has 0 unspecified atom stereocenters. The molecule has 1 aliphatic heterocycles. The Balaban J connectivity index is 2.18. The Morgan fingerprint density at radius 3 is 2.68 bits per heavy atom. The highest BCUT2D eigenvalue weighted by Gasteiger charge is 2.18. The summed E-state index contributed by atoms with van der Waals surface area (Å²) in [6.07, 6.45) is 1.93. The third-order valence-corrected chi connectivity index (χ3v) is 3.96. The van der Waals surface area contributed by atoms with E-state index in [0.717, 1.165) is 34.3 Å². The van der Waals surface area contributed by atoms with Crippen molar-refractivity contribution in [2.75, 3.05) is 5.32 Å². The van der Waals surface area contributed by atoms with E-state index in [1.165, 1.54) is 11.1 Å². The standard InChI is InChI=1S/C16H14BrNO/c1-10(19)14-9-13(17)8-12-7-6-11-4-2-3-5-15(11)18-16(12)14/h2-5,8-9,18H,6-7H2,1H3. The van der Waals surface area contributed by atoms with E-state index in [0.29, 0.717) is 0 Å². The maximum atomic E-state index is 11.8. The average molecular weight is 316 g/mol. The van der Waals surface area contributed by atoms with Crippen molar-refractivity contribution < 1.29 is 4.79 Å². The van der Waals surface area contributed by atoms with Crippen LogP contribution < -0.4 is 5.32 Å². The molecule has 0 aliphatic carbocycles. The van der Waals surface area contributed by atoms with Gasteiger partial charge in [-0.2, -0.15) is 0 Å². The van der Waals surface area contributed by atoms with E-state index in [-0.39, 0.29) is 5.78 Å². The predicted octanol–water partition coefficient (Wildman–Crippen LogP) is 4.49.